The molecule has 0 spiro atoms. The predicted octanol–water partition coefficient (Wildman–Crippen LogP) is 3.63. The minimum atomic E-state index is -0.934. The van der Waals surface area contributed by atoms with Gasteiger partial charge >= 0.3 is 5.97 Å². The number of benzene rings is 1. The number of aliphatic carboxylic acids is 1. The molecule has 28 heavy (non-hydrogen) atoms. The van der Waals surface area contributed by atoms with Crippen LogP contribution >= 0.6 is 11.8 Å². The van der Waals surface area contributed by atoms with Crippen molar-refractivity contribution < 1.29 is 19.1 Å². The lowest BCUT2D eigenvalue weighted by Crippen LogP contribution is -2.46. The number of likely N-dealkylation sites (tertiary alicyclic amines) is 1. The summed E-state index contributed by atoms with van der Waals surface area (Å²) in [6.07, 6.45) is 2.88. The van der Waals surface area contributed by atoms with E-state index in [1.807, 2.05) is 30.9 Å². The second kappa shape index (κ2) is 8.82. The number of carbonyl (C=O) groups excluding carboxylic acids is 1. The molecule has 0 saturated carbocycles. The molecule has 1 saturated heterocycles. The summed E-state index contributed by atoms with van der Waals surface area (Å²) in [7, 11) is 0. The highest BCUT2D eigenvalue weighted by Crippen LogP contribution is 2.37. The molecule has 3 rings (SSSR count). The predicted molar refractivity (Wildman–Crippen MR) is 108 cm³/mol. The van der Waals surface area contributed by atoms with Crippen molar-refractivity contribution in [3.63, 3.8) is 0 Å². The third kappa shape index (κ3) is 4.41. The second-order valence-corrected chi connectivity index (χ2v) is 8.35. The number of halogens is 1. The number of hydrogen-bond donors (Lipinski definition) is 1. The average Bonchev–Trinajstić information content (AvgIpc) is 2.64. The molecule has 150 valence electrons. The van der Waals surface area contributed by atoms with E-state index < -0.39 is 5.97 Å². The summed E-state index contributed by atoms with van der Waals surface area (Å²) < 4.78 is 13.7. The van der Waals surface area contributed by atoms with Crippen LogP contribution in [0.4, 0.5) is 4.39 Å². The first-order valence-electron chi connectivity index (χ1n) is 9.45. The first-order chi connectivity index (χ1) is 13.4. The molecule has 1 fully saturated rings. The summed E-state index contributed by atoms with van der Waals surface area (Å²) in [5.41, 5.74) is 1.87. The Morgan fingerprint density at radius 3 is 2.64 bits per heavy atom. The zero-order valence-electron chi connectivity index (χ0n) is 16.2. The molecule has 1 aromatic rings. The molecule has 1 atom stereocenters. The van der Waals surface area contributed by atoms with E-state index in [0.717, 1.165) is 22.7 Å². The van der Waals surface area contributed by atoms with E-state index in [0.29, 0.717) is 38.0 Å². The van der Waals surface area contributed by atoms with Crippen LogP contribution in [-0.4, -0.2) is 50.9 Å². The highest BCUT2D eigenvalue weighted by Gasteiger charge is 2.36. The molecule has 1 N–H and O–H groups in total. The molecule has 0 bridgehead atoms. The van der Waals surface area contributed by atoms with E-state index >= 15 is 0 Å². The SMILES string of the molecule is CCSC1C(C(=O)O)=C(C)C=C(N2CCC(=O)CC2)N1Cc1cccc(F)c1. The normalized spacial score (nSPS) is 20.5. The fourth-order valence-corrected chi connectivity index (χ4v) is 4.82. The number of ketones is 1. The summed E-state index contributed by atoms with van der Waals surface area (Å²) in [4.78, 5) is 27.8. The number of piperidine rings is 1. The van der Waals surface area contributed by atoms with Crippen LogP contribution in [0.5, 0.6) is 0 Å². The Morgan fingerprint density at radius 2 is 2.04 bits per heavy atom. The van der Waals surface area contributed by atoms with Crippen LogP contribution < -0.4 is 0 Å². The van der Waals surface area contributed by atoms with Crippen LogP contribution in [-0.2, 0) is 16.1 Å². The fraction of sp³-hybridized carbons (Fsp3) is 0.429. The van der Waals surface area contributed by atoms with Gasteiger partial charge in [-0.05, 0) is 42.0 Å². The molecule has 2 heterocycles. The maximum atomic E-state index is 13.7. The van der Waals surface area contributed by atoms with Gasteiger partial charge in [0.2, 0.25) is 0 Å². The monoisotopic (exact) mass is 404 g/mol. The van der Waals surface area contributed by atoms with Crippen LogP contribution in [0.1, 0.15) is 32.3 Å². The van der Waals surface area contributed by atoms with E-state index in [1.54, 1.807) is 17.8 Å². The lowest BCUT2D eigenvalue weighted by atomic mass is 10.0. The van der Waals surface area contributed by atoms with E-state index in [9.17, 15) is 19.1 Å². The van der Waals surface area contributed by atoms with Crippen molar-refractivity contribution >= 4 is 23.5 Å². The minimum Gasteiger partial charge on any atom is -0.478 e. The lowest BCUT2D eigenvalue weighted by molar-refractivity contribution is -0.133. The van der Waals surface area contributed by atoms with Gasteiger partial charge in [0, 0.05) is 32.5 Å². The molecule has 0 aliphatic carbocycles. The third-order valence-electron chi connectivity index (χ3n) is 5.04. The molecule has 2 aliphatic rings. The Morgan fingerprint density at radius 1 is 1.32 bits per heavy atom. The van der Waals surface area contributed by atoms with Crippen molar-refractivity contribution in [3.8, 4) is 0 Å². The van der Waals surface area contributed by atoms with Crippen LogP contribution in [0.3, 0.4) is 0 Å². The molecular weight excluding hydrogens is 379 g/mol. The smallest absolute Gasteiger partial charge is 0.334 e. The minimum absolute atomic E-state index is 0.252. The third-order valence-corrected chi connectivity index (χ3v) is 6.18. The van der Waals surface area contributed by atoms with Gasteiger partial charge in [0.1, 0.15) is 22.8 Å². The van der Waals surface area contributed by atoms with Crippen molar-refractivity contribution in [3.05, 3.63) is 58.7 Å². The molecule has 7 heteroatoms. The highest BCUT2D eigenvalue weighted by molar-refractivity contribution is 8.00. The van der Waals surface area contributed by atoms with Crippen LogP contribution in [0.25, 0.3) is 0 Å². The standard InChI is InChI=1S/C21H25FN2O3S/c1-3-28-20-19(21(26)27)14(2)11-18(23-9-7-17(25)8-10-23)24(20)13-15-5-4-6-16(22)12-15/h4-6,11-12,20H,3,7-10,13H2,1-2H3,(H,26,27). The van der Waals surface area contributed by atoms with E-state index in [2.05, 4.69) is 4.90 Å². The first-order valence-corrected chi connectivity index (χ1v) is 10.5. The quantitative estimate of drug-likeness (QED) is 0.781. The zero-order valence-corrected chi connectivity index (χ0v) is 17.0. The number of hydrogen-bond acceptors (Lipinski definition) is 5. The summed E-state index contributed by atoms with van der Waals surface area (Å²) in [5.74, 6) is 0.665. The van der Waals surface area contributed by atoms with E-state index in [4.69, 9.17) is 0 Å². The van der Waals surface area contributed by atoms with Crippen molar-refractivity contribution in [1.82, 2.24) is 9.80 Å². The molecule has 2 aliphatic heterocycles. The molecular formula is C21H25FN2O3S. The maximum absolute atomic E-state index is 13.7. The lowest BCUT2D eigenvalue weighted by Gasteiger charge is -2.44. The van der Waals surface area contributed by atoms with Crippen molar-refractivity contribution in [2.24, 2.45) is 0 Å². The maximum Gasteiger partial charge on any atom is 0.334 e. The van der Waals surface area contributed by atoms with Gasteiger partial charge in [0.15, 0.2) is 0 Å². The molecule has 1 aromatic carbocycles. The number of allylic oxidation sites excluding steroid dienone is 2. The summed E-state index contributed by atoms with van der Waals surface area (Å²) in [6, 6.07) is 6.40. The highest BCUT2D eigenvalue weighted by atomic mass is 32.2. The van der Waals surface area contributed by atoms with Crippen LogP contribution in [0.15, 0.2) is 47.3 Å². The van der Waals surface area contributed by atoms with Gasteiger partial charge in [-0.15, -0.1) is 11.8 Å². The van der Waals surface area contributed by atoms with Gasteiger partial charge in [-0.1, -0.05) is 19.1 Å². The Labute approximate surface area is 168 Å². The van der Waals surface area contributed by atoms with Gasteiger partial charge < -0.3 is 14.9 Å². The number of carbonyl (C=O) groups is 2. The molecule has 5 nitrogen and oxygen atoms in total. The number of rotatable bonds is 6. The fourth-order valence-electron chi connectivity index (χ4n) is 3.68. The summed E-state index contributed by atoms with van der Waals surface area (Å²) in [6.45, 7) is 5.45. The van der Waals surface area contributed by atoms with Crippen LogP contribution in [0, 0.1) is 5.82 Å². The van der Waals surface area contributed by atoms with E-state index in [-0.39, 0.29) is 17.0 Å². The number of carboxylic acids is 1. The van der Waals surface area contributed by atoms with Crippen LogP contribution in [0.2, 0.25) is 0 Å². The van der Waals surface area contributed by atoms with Gasteiger partial charge in [0.25, 0.3) is 0 Å². The van der Waals surface area contributed by atoms with Crippen molar-refractivity contribution in [1.29, 1.82) is 0 Å². The Balaban J connectivity index is 2.01. The first kappa shape index (κ1) is 20.5. The van der Waals surface area contributed by atoms with E-state index in [1.165, 1.54) is 12.1 Å². The molecule has 1 unspecified atom stereocenters. The average molecular weight is 405 g/mol. The van der Waals surface area contributed by atoms with Gasteiger partial charge in [-0.2, -0.15) is 0 Å². The number of Topliss-reactive ketones (excluding diaryl/α,β-unsaturated/α-hetero) is 1. The summed E-state index contributed by atoms with van der Waals surface area (Å²) in [5, 5.41) is 9.45. The Kier molecular flexibility index (Phi) is 6.44. The molecule has 0 aromatic heterocycles. The van der Waals surface area contributed by atoms with Gasteiger partial charge in [-0.3, -0.25) is 4.79 Å². The number of nitrogens with zero attached hydrogens (tertiary/aromatic N) is 2. The van der Waals surface area contributed by atoms with Crippen molar-refractivity contribution in [2.45, 2.75) is 38.6 Å². The largest absolute Gasteiger partial charge is 0.478 e. The van der Waals surface area contributed by atoms with Crippen molar-refractivity contribution in [2.75, 3.05) is 18.8 Å². The zero-order chi connectivity index (χ0) is 20.3. The van der Waals surface area contributed by atoms with Gasteiger partial charge in [0.05, 0.1) is 5.57 Å². The Bertz CT molecular complexity index is 827. The topological polar surface area (TPSA) is 60.9 Å². The van der Waals surface area contributed by atoms with Gasteiger partial charge in [-0.25, -0.2) is 9.18 Å². The molecule has 0 radical (unpaired) electrons. The number of carboxylic acid groups (broad SMARTS) is 1. The number of thioether (sulfide) groups is 1. The summed E-state index contributed by atoms with van der Waals surface area (Å²) >= 11 is 1.55. The Hall–Kier alpha value is -2.28. The second-order valence-electron chi connectivity index (χ2n) is 7.00. The molecule has 0 amide bonds.